The van der Waals surface area contributed by atoms with Gasteiger partial charge in [0.25, 0.3) is 0 Å². The second-order valence-corrected chi connectivity index (χ2v) is 4.70. The third-order valence-corrected chi connectivity index (χ3v) is 2.58. The summed E-state index contributed by atoms with van der Waals surface area (Å²) in [6.45, 7) is 7.20. The van der Waals surface area contributed by atoms with Gasteiger partial charge in [-0.25, -0.2) is 0 Å². The highest BCUT2D eigenvalue weighted by Gasteiger charge is 2.03. The van der Waals surface area contributed by atoms with E-state index in [2.05, 4.69) is 29.3 Å². The normalized spacial score (nSPS) is 10.9. The summed E-state index contributed by atoms with van der Waals surface area (Å²) in [6, 6.07) is 8.48. The molecule has 1 aromatic heterocycles. The van der Waals surface area contributed by atoms with Crippen LogP contribution in [0.3, 0.4) is 0 Å². The first-order chi connectivity index (χ1) is 9.13. The summed E-state index contributed by atoms with van der Waals surface area (Å²) in [5.41, 5.74) is 1.23. The molecule has 0 amide bonds. The maximum atomic E-state index is 5.58. The number of aromatic nitrogens is 2. The van der Waals surface area contributed by atoms with E-state index in [0.29, 0.717) is 24.4 Å². The van der Waals surface area contributed by atoms with Crippen LogP contribution in [-0.4, -0.2) is 16.2 Å². The second kappa shape index (κ2) is 6.33. The fourth-order valence-electron chi connectivity index (χ4n) is 1.57. The van der Waals surface area contributed by atoms with E-state index in [1.165, 1.54) is 5.56 Å². The lowest BCUT2D eigenvalue weighted by molar-refractivity contribution is 0.285. The Morgan fingerprint density at radius 3 is 2.58 bits per heavy atom. The minimum atomic E-state index is 0.320. The molecule has 0 unspecified atom stereocenters. The summed E-state index contributed by atoms with van der Waals surface area (Å²) >= 11 is 0. The number of nitrogens with one attached hydrogen (secondary N) is 1. The first-order valence-corrected chi connectivity index (χ1v) is 6.38. The van der Waals surface area contributed by atoms with Gasteiger partial charge in [-0.05, 0) is 17.7 Å². The Bertz CT molecular complexity index is 506. The van der Waals surface area contributed by atoms with Gasteiger partial charge in [0.2, 0.25) is 11.7 Å². The Morgan fingerprint density at radius 2 is 2.00 bits per heavy atom. The van der Waals surface area contributed by atoms with E-state index in [-0.39, 0.29) is 0 Å². The topological polar surface area (TPSA) is 60.2 Å². The molecule has 0 saturated heterocycles. The van der Waals surface area contributed by atoms with E-state index in [1.807, 2.05) is 24.3 Å². The van der Waals surface area contributed by atoms with Crippen molar-refractivity contribution in [3.05, 3.63) is 41.5 Å². The first-order valence-electron chi connectivity index (χ1n) is 6.38. The summed E-state index contributed by atoms with van der Waals surface area (Å²) in [4.78, 5) is 4.08. The SMILES string of the molecule is Cc1nc(COc2ccc(CNC(C)C)cc2)no1. The molecule has 2 rings (SSSR count). The molecule has 1 N–H and O–H groups in total. The number of aryl methyl sites for hydroxylation is 1. The van der Waals surface area contributed by atoms with Crippen molar-refractivity contribution < 1.29 is 9.26 Å². The van der Waals surface area contributed by atoms with Crippen molar-refractivity contribution >= 4 is 0 Å². The van der Waals surface area contributed by atoms with E-state index in [9.17, 15) is 0 Å². The molecule has 0 aliphatic rings. The Hall–Kier alpha value is -1.88. The van der Waals surface area contributed by atoms with Crippen LogP contribution in [0.4, 0.5) is 0 Å². The molecule has 0 aliphatic carbocycles. The summed E-state index contributed by atoms with van der Waals surface area (Å²) in [6.07, 6.45) is 0. The zero-order valence-corrected chi connectivity index (χ0v) is 11.5. The summed E-state index contributed by atoms with van der Waals surface area (Å²) in [5, 5.41) is 7.14. The van der Waals surface area contributed by atoms with Crippen LogP contribution in [0.25, 0.3) is 0 Å². The zero-order valence-electron chi connectivity index (χ0n) is 11.5. The van der Waals surface area contributed by atoms with Crippen LogP contribution in [0.1, 0.15) is 31.1 Å². The van der Waals surface area contributed by atoms with Gasteiger partial charge in [0.1, 0.15) is 5.75 Å². The highest BCUT2D eigenvalue weighted by Crippen LogP contribution is 2.13. The van der Waals surface area contributed by atoms with E-state index in [1.54, 1.807) is 6.92 Å². The van der Waals surface area contributed by atoms with Gasteiger partial charge < -0.3 is 14.6 Å². The predicted octanol–water partition coefficient (Wildman–Crippen LogP) is 2.46. The van der Waals surface area contributed by atoms with E-state index >= 15 is 0 Å². The molecule has 1 heterocycles. The van der Waals surface area contributed by atoms with Crippen LogP contribution < -0.4 is 10.1 Å². The van der Waals surface area contributed by atoms with Crippen LogP contribution in [0.15, 0.2) is 28.8 Å². The predicted molar refractivity (Wildman–Crippen MR) is 71.8 cm³/mol. The van der Waals surface area contributed by atoms with Crippen molar-refractivity contribution in [2.45, 2.75) is 40.0 Å². The Balaban J connectivity index is 1.84. The number of hydrogen-bond donors (Lipinski definition) is 1. The summed E-state index contributed by atoms with van der Waals surface area (Å²) in [5.74, 6) is 1.91. The van der Waals surface area contributed by atoms with E-state index in [0.717, 1.165) is 12.3 Å². The van der Waals surface area contributed by atoms with Crippen molar-refractivity contribution in [2.75, 3.05) is 0 Å². The first kappa shape index (κ1) is 13.5. The lowest BCUT2D eigenvalue weighted by Crippen LogP contribution is -2.21. The molecule has 0 fully saturated rings. The molecule has 5 nitrogen and oxygen atoms in total. The summed E-state index contributed by atoms with van der Waals surface area (Å²) < 4.78 is 10.5. The van der Waals surface area contributed by atoms with Gasteiger partial charge in [0.05, 0.1) is 0 Å². The third kappa shape index (κ3) is 4.37. The molecular weight excluding hydrogens is 242 g/mol. The molecule has 0 radical (unpaired) electrons. The van der Waals surface area contributed by atoms with Crippen LogP contribution >= 0.6 is 0 Å². The monoisotopic (exact) mass is 261 g/mol. The van der Waals surface area contributed by atoms with Gasteiger partial charge in [-0.2, -0.15) is 4.98 Å². The average molecular weight is 261 g/mol. The minimum absolute atomic E-state index is 0.320. The Labute approximate surface area is 113 Å². The largest absolute Gasteiger partial charge is 0.485 e. The van der Waals surface area contributed by atoms with Crippen LogP contribution in [0.5, 0.6) is 5.75 Å². The molecule has 0 bridgehead atoms. The van der Waals surface area contributed by atoms with Crippen molar-refractivity contribution in [1.82, 2.24) is 15.5 Å². The number of nitrogens with zero attached hydrogens (tertiary/aromatic N) is 2. The molecule has 2 aromatic rings. The van der Waals surface area contributed by atoms with Gasteiger partial charge in [0, 0.05) is 19.5 Å². The van der Waals surface area contributed by atoms with Gasteiger partial charge in [-0.15, -0.1) is 0 Å². The van der Waals surface area contributed by atoms with E-state index < -0.39 is 0 Å². The molecule has 0 spiro atoms. The number of ether oxygens (including phenoxy) is 1. The van der Waals surface area contributed by atoms with Gasteiger partial charge >= 0.3 is 0 Å². The van der Waals surface area contributed by atoms with Crippen LogP contribution in [0, 0.1) is 6.92 Å². The quantitative estimate of drug-likeness (QED) is 0.865. The lowest BCUT2D eigenvalue weighted by atomic mass is 10.2. The molecule has 102 valence electrons. The van der Waals surface area contributed by atoms with Crippen molar-refractivity contribution in [2.24, 2.45) is 0 Å². The standard InChI is InChI=1S/C14H19N3O2/c1-10(2)15-8-12-4-6-13(7-5-12)18-9-14-16-11(3)19-17-14/h4-7,10,15H,8-9H2,1-3H3. The van der Waals surface area contributed by atoms with Gasteiger partial charge in [-0.1, -0.05) is 31.1 Å². The second-order valence-electron chi connectivity index (χ2n) is 4.70. The van der Waals surface area contributed by atoms with Crippen molar-refractivity contribution in [1.29, 1.82) is 0 Å². The molecule has 0 aliphatic heterocycles. The van der Waals surface area contributed by atoms with Gasteiger partial charge in [0.15, 0.2) is 6.61 Å². The highest BCUT2D eigenvalue weighted by molar-refractivity contribution is 5.27. The maximum absolute atomic E-state index is 5.58. The minimum Gasteiger partial charge on any atom is -0.485 e. The van der Waals surface area contributed by atoms with E-state index in [4.69, 9.17) is 9.26 Å². The molecule has 1 aromatic carbocycles. The number of rotatable bonds is 6. The lowest BCUT2D eigenvalue weighted by Gasteiger charge is -2.09. The molecule has 19 heavy (non-hydrogen) atoms. The van der Waals surface area contributed by atoms with Crippen LogP contribution in [-0.2, 0) is 13.2 Å². The maximum Gasteiger partial charge on any atom is 0.223 e. The van der Waals surface area contributed by atoms with Gasteiger partial charge in [-0.3, -0.25) is 0 Å². The summed E-state index contributed by atoms with van der Waals surface area (Å²) in [7, 11) is 0. The van der Waals surface area contributed by atoms with Crippen molar-refractivity contribution in [3.63, 3.8) is 0 Å². The number of benzene rings is 1. The molecule has 5 heteroatoms. The Kier molecular flexibility index (Phi) is 4.52. The molecule has 0 saturated carbocycles. The van der Waals surface area contributed by atoms with Crippen molar-refractivity contribution in [3.8, 4) is 5.75 Å². The smallest absolute Gasteiger partial charge is 0.223 e. The molecular formula is C14H19N3O2. The Morgan fingerprint density at radius 1 is 1.26 bits per heavy atom. The van der Waals surface area contributed by atoms with Crippen LogP contribution in [0.2, 0.25) is 0 Å². The number of hydrogen-bond acceptors (Lipinski definition) is 5. The average Bonchev–Trinajstić information content (AvgIpc) is 2.81. The highest BCUT2D eigenvalue weighted by atomic mass is 16.5. The third-order valence-electron chi connectivity index (χ3n) is 2.58. The molecule has 0 atom stereocenters. The fraction of sp³-hybridized carbons (Fsp3) is 0.429. The fourth-order valence-corrected chi connectivity index (χ4v) is 1.57. The zero-order chi connectivity index (χ0) is 13.7.